The molecule has 12 heavy (non-hydrogen) atoms. The van der Waals surface area contributed by atoms with Crippen LogP contribution in [0.25, 0.3) is 0 Å². The van der Waals surface area contributed by atoms with Gasteiger partial charge in [-0.1, -0.05) is 6.58 Å². The highest BCUT2D eigenvalue weighted by molar-refractivity contribution is 5.86. The summed E-state index contributed by atoms with van der Waals surface area (Å²) < 4.78 is 4.67. The first-order chi connectivity index (χ1) is 5.57. The number of ether oxygens (including phenoxy) is 1. The van der Waals surface area contributed by atoms with E-state index in [1.165, 1.54) is 0 Å². The molecule has 0 bridgehead atoms. The first-order valence-electron chi connectivity index (χ1n) is 3.69. The van der Waals surface area contributed by atoms with E-state index < -0.39 is 12.1 Å². The molecule has 0 radical (unpaired) electrons. The van der Waals surface area contributed by atoms with Gasteiger partial charge in [0.2, 0.25) is 0 Å². The smallest absolute Gasteiger partial charge is 0.333 e. The minimum absolute atomic E-state index is 0.105. The standard InChI is InChI=1S/C8H14O4/c1-6(2)8(11)12-4-3-7(10)5-9/h7,9-10H,1,3-5H2,2H3. The molecule has 70 valence electrons. The Morgan fingerprint density at radius 2 is 2.25 bits per heavy atom. The van der Waals surface area contributed by atoms with Gasteiger partial charge in [-0.25, -0.2) is 4.79 Å². The molecule has 0 aliphatic heterocycles. The SMILES string of the molecule is C=C(C)C(=O)OCCC(O)CO. The lowest BCUT2D eigenvalue weighted by Crippen LogP contribution is -2.16. The van der Waals surface area contributed by atoms with Crippen molar-refractivity contribution in [3.05, 3.63) is 12.2 Å². The lowest BCUT2D eigenvalue weighted by atomic mass is 10.3. The van der Waals surface area contributed by atoms with Crippen LogP contribution in [-0.4, -0.2) is 35.5 Å². The van der Waals surface area contributed by atoms with Gasteiger partial charge >= 0.3 is 5.97 Å². The van der Waals surface area contributed by atoms with E-state index in [2.05, 4.69) is 11.3 Å². The molecule has 2 N–H and O–H groups in total. The van der Waals surface area contributed by atoms with Gasteiger partial charge < -0.3 is 14.9 Å². The zero-order chi connectivity index (χ0) is 9.56. The van der Waals surface area contributed by atoms with E-state index in [1.807, 2.05) is 0 Å². The van der Waals surface area contributed by atoms with E-state index in [1.54, 1.807) is 6.92 Å². The van der Waals surface area contributed by atoms with Gasteiger partial charge in [0.1, 0.15) is 0 Å². The molecule has 0 aromatic rings. The quantitative estimate of drug-likeness (QED) is 0.449. The van der Waals surface area contributed by atoms with Crippen LogP contribution in [0.4, 0.5) is 0 Å². The Bertz CT molecular complexity index is 164. The van der Waals surface area contributed by atoms with Crippen LogP contribution in [0.3, 0.4) is 0 Å². The van der Waals surface area contributed by atoms with Gasteiger partial charge in [0.05, 0.1) is 19.3 Å². The summed E-state index contributed by atoms with van der Waals surface area (Å²) in [5.74, 6) is -0.472. The zero-order valence-electron chi connectivity index (χ0n) is 7.12. The van der Waals surface area contributed by atoms with Crippen LogP contribution in [0.15, 0.2) is 12.2 Å². The molecule has 4 heteroatoms. The van der Waals surface area contributed by atoms with Gasteiger partial charge in [0.15, 0.2) is 0 Å². The number of hydrogen-bond donors (Lipinski definition) is 2. The average Bonchev–Trinajstić information content (AvgIpc) is 2.03. The highest BCUT2D eigenvalue weighted by Gasteiger charge is 2.05. The number of hydrogen-bond acceptors (Lipinski definition) is 4. The van der Waals surface area contributed by atoms with Crippen LogP contribution in [-0.2, 0) is 9.53 Å². The molecule has 1 unspecified atom stereocenters. The van der Waals surface area contributed by atoms with E-state index in [0.29, 0.717) is 5.57 Å². The van der Waals surface area contributed by atoms with Crippen molar-refractivity contribution in [3.8, 4) is 0 Å². The van der Waals surface area contributed by atoms with Crippen molar-refractivity contribution in [2.24, 2.45) is 0 Å². The lowest BCUT2D eigenvalue weighted by Gasteiger charge is -2.07. The fourth-order valence-electron chi connectivity index (χ4n) is 0.502. The summed E-state index contributed by atoms with van der Waals surface area (Å²) in [6.45, 7) is 4.72. The van der Waals surface area contributed by atoms with Crippen molar-refractivity contribution in [1.82, 2.24) is 0 Å². The Morgan fingerprint density at radius 1 is 1.67 bits per heavy atom. The minimum atomic E-state index is -0.817. The normalized spacial score (nSPS) is 12.2. The maximum atomic E-state index is 10.7. The molecular weight excluding hydrogens is 160 g/mol. The molecule has 0 saturated heterocycles. The molecule has 0 aliphatic rings. The maximum absolute atomic E-state index is 10.7. The van der Waals surface area contributed by atoms with Crippen LogP contribution in [0.1, 0.15) is 13.3 Å². The van der Waals surface area contributed by atoms with Crippen LogP contribution in [0.5, 0.6) is 0 Å². The minimum Gasteiger partial charge on any atom is -0.462 e. The summed E-state index contributed by atoms with van der Waals surface area (Å²) in [4.78, 5) is 10.7. The van der Waals surface area contributed by atoms with Crippen molar-refractivity contribution < 1.29 is 19.7 Å². The summed E-state index contributed by atoms with van der Waals surface area (Å²) in [5, 5.41) is 17.2. The number of carbonyl (C=O) groups excluding carboxylic acids is 1. The van der Waals surface area contributed by atoms with Gasteiger partial charge in [-0.05, 0) is 6.92 Å². The van der Waals surface area contributed by atoms with Crippen molar-refractivity contribution >= 4 is 5.97 Å². The molecule has 0 aromatic heterocycles. The fraction of sp³-hybridized carbons (Fsp3) is 0.625. The van der Waals surface area contributed by atoms with Crippen molar-refractivity contribution in [2.75, 3.05) is 13.2 Å². The van der Waals surface area contributed by atoms with Gasteiger partial charge in [-0.2, -0.15) is 0 Å². The summed E-state index contributed by atoms with van der Waals surface area (Å²) >= 11 is 0. The first kappa shape index (κ1) is 11.1. The Labute approximate surface area is 71.5 Å². The van der Waals surface area contributed by atoms with Gasteiger partial charge in [-0.3, -0.25) is 0 Å². The number of carbonyl (C=O) groups is 1. The molecule has 0 aromatic carbocycles. The predicted octanol–water partition coefficient (Wildman–Crippen LogP) is -0.151. The second-order valence-electron chi connectivity index (χ2n) is 2.54. The predicted molar refractivity (Wildman–Crippen MR) is 43.5 cm³/mol. The molecule has 0 fully saturated rings. The first-order valence-corrected chi connectivity index (χ1v) is 3.69. The van der Waals surface area contributed by atoms with Crippen LogP contribution < -0.4 is 0 Å². The Hall–Kier alpha value is -0.870. The van der Waals surface area contributed by atoms with Crippen molar-refractivity contribution in [2.45, 2.75) is 19.4 Å². The number of esters is 1. The summed E-state index contributed by atoms with van der Waals surface area (Å²) in [7, 11) is 0. The molecule has 4 nitrogen and oxygen atoms in total. The van der Waals surface area contributed by atoms with E-state index in [9.17, 15) is 4.79 Å². The Morgan fingerprint density at radius 3 is 2.67 bits per heavy atom. The van der Waals surface area contributed by atoms with E-state index in [4.69, 9.17) is 10.2 Å². The summed E-state index contributed by atoms with van der Waals surface area (Å²) in [5.41, 5.74) is 0.327. The molecule has 0 aliphatic carbocycles. The fourth-order valence-corrected chi connectivity index (χ4v) is 0.502. The largest absolute Gasteiger partial charge is 0.462 e. The number of aliphatic hydroxyl groups is 2. The Kier molecular flexibility index (Phi) is 5.32. The van der Waals surface area contributed by atoms with Gasteiger partial charge in [0.25, 0.3) is 0 Å². The second-order valence-corrected chi connectivity index (χ2v) is 2.54. The molecule has 1 atom stereocenters. The highest BCUT2D eigenvalue weighted by Crippen LogP contribution is 1.95. The third-order valence-electron chi connectivity index (χ3n) is 1.24. The van der Waals surface area contributed by atoms with Crippen LogP contribution in [0.2, 0.25) is 0 Å². The maximum Gasteiger partial charge on any atom is 0.333 e. The van der Waals surface area contributed by atoms with E-state index in [-0.39, 0.29) is 19.6 Å². The monoisotopic (exact) mass is 174 g/mol. The lowest BCUT2D eigenvalue weighted by molar-refractivity contribution is -0.139. The number of rotatable bonds is 5. The van der Waals surface area contributed by atoms with Gasteiger partial charge in [0, 0.05) is 12.0 Å². The molecule has 0 spiro atoms. The van der Waals surface area contributed by atoms with Crippen molar-refractivity contribution in [3.63, 3.8) is 0 Å². The van der Waals surface area contributed by atoms with E-state index in [0.717, 1.165) is 0 Å². The topological polar surface area (TPSA) is 66.8 Å². The molecule has 0 rings (SSSR count). The van der Waals surface area contributed by atoms with Gasteiger partial charge in [-0.15, -0.1) is 0 Å². The van der Waals surface area contributed by atoms with E-state index >= 15 is 0 Å². The number of aliphatic hydroxyl groups excluding tert-OH is 2. The molecule has 0 saturated carbocycles. The third kappa shape index (κ3) is 4.87. The summed E-state index contributed by atoms with van der Waals surface area (Å²) in [6, 6.07) is 0. The van der Waals surface area contributed by atoms with Crippen molar-refractivity contribution in [1.29, 1.82) is 0 Å². The molecular formula is C8H14O4. The zero-order valence-corrected chi connectivity index (χ0v) is 7.12. The average molecular weight is 174 g/mol. The molecule has 0 amide bonds. The van der Waals surface area contributed by atoms with Crippen LogP contribution >= 0.6 is 0 Å². The Balaban J connectivity index is 3.44. The third-order valence-corrected chi connectivity index (χ3v) is 1.24. The highest BCUT2D eigenvalue weighted by atomic mass is 16.5. The van der Waals surface area contributed by atoms with Crippen LogP contribution in [0, 0.1) is 0 Å². The summed E-state index contributed by atoms with van der Waals surface area (Å²) in [6.07, 6.45) is -0.571. The second kappa shape index (κ2) is 5.74. The molecule has 0 heterocycles.